The Morgan fingerprint density at radius 3 is 3.12 bits per heavy atom. The molecule has 0 aromatic carbocycles. The largest absolute Gasteiger partial charge is 0.394 e. The van der Waals surface area contributed by atoms with E-state index in [1.165, 1.54) is 0 Å². The second-order valence-corrected chi connectivity index (χ2v) is 5.84. The van der Waals surface area contributed by atoms with Crippen LogP contribution in [-0.2, 0) is 9.47 Å². The minimum Gasteiger partial charge on any atom is -0.394 e. The zero-order valence-electron chi connectivity index (χ0n) is 13.7. The summed E-state index contributed by atoms with van der Waals surface area (Å²) in [4.78, 5) is 17.1. The smallest absolute Gasteiger partial charge is 0.258 e. The number of rotatable bonds is 5. The zero-order valence-corrected chi connectivity index (χ0v) is 13.7. The second kappa shape index (κ2) is 7.25. The van der Waals surface area contributed by atoms with Gasteiger partial charge >= 0.3 is 0 Å². The third-order valence-corrected chi connectivity index (χ3v) is 4.03. The number of amides is 1. The normalized spacial score (nSPS) is 21.1. The minimum atomic E-state index is -0.281. The molecule has 0 aliphatic carbocycles. The highest BCUT2D eigenvalue weighted by Crippen LogP contribution is 2.22. The van der Waals surface area contributed by atoms with E-state index < -0.39 is 0 Å². The predicted octanol–water partition coefficient (Wildman–Crippen LogP) is 0.736. The molecule has 0 bridgehead atoms. The number of aryl methyl sites for hydroxylation is 2. The molecule has 2 aromatic heterocycles. The Labute approximate surface area is 139 Å². The number of nitrogens with one attached hydrogen (secondary N) is 1. The van der Waals surface area contributed by atoms with E-state index in [-0.39, 0.29) is 31.3 Å². The van der Waals surface area contributed by atoms with Gasteiger partial charge in [-0.2, -0.15) is 0 Å². The molecule has 2 aromatic rings. The van der Waals surface area contributed by atoms with E-state index in [1.807, 2.05) is 0 Å². The molecule has 1 amide bonds. The van der Waals surface area contributed by atoms with Crippen LogP contribution < -0.4 is 5.32 Å². The summed E-state index contributed by atoms with van der Waals surface area (Å²) in [5, 5.41) is 16.4. The third-order valence-electron chi connectivity index (χ3n) is 4.03. The van der Waals surface area contributed by atoms with Crippen molar-refractivity contribution in [2.45, 2.75) is 32.4 Å². The average Bonchev–Trinajstić information content (AvgIpc) is 2.94. The van der Waals surface area contributed by atoms with E-state index in [0.717, 1.165) is 0 Å². The molecular weight excluding hydrogens is 314 g/mol. The molecule has 3 heterocycles. The molecule has 1 fully saturated rings. The first-order valence-electron chi connectivity index (χ1n) is 7.95. The number of hydrogen-bond acceptors (Lipinski definition) is 7. The molecule has 0 saturated carbocycles. The lowest BCUT2D eigenvalue weighted by Crippen LogP contribution is -2.50. The quantitative estimate of drug-likeness (QED) is 0.829. The molecule has 1 aliphatic heterocycles. The molecule has 0 radical (unpaired) electrons. The third kappa shape index (κ3) is 3.40. The number of carbonyl (C=O) groups excluding carboxylic acids is 1. The van der Waals surface area contributed by atoms with E-state index in [2.05, 4.69) is 15.5 Å². The number of ether oxygens (including phenoxy) is 2. The van der Waals surface area contributed by atoms with Crippen LogP contribution in [0.5, 0.6) is 0 Å². The van der Waals surface area contributed by atoms with Gasteiger partial charge in [0.1, 0.15) is 6.10 Å². The average molecular weight is 335 g/mol. The Bertz CT molecular complexity index is 730. The maximum Gasteiger partial charge on any atom is 0.258 e. The lowest BCUT2D eigenvalue weighted by Gasteiger charge is -2.32. The van der Waals surface area contributed by atoms with Crippen LogP contribution in [0, 0.1) is 13.8 Å². The van der Waals surface area contributed by atoms with Crippen LogP contribution in [0.2, 0.25) is 0 Å². The Morgan fingerprint density at radius 1 is 1.50 bits per heavy atom. The summed E-state index contributed by atoms with van der Waals surface area (Å²) in [6, 6.07) is 1.55. The van der Waals surface area contributed by atoms with Gasteiger partial charge in [0.05, 0.1) is 42.5 Å². The second-order valence-electron chi connectivity index (χ2n) is 5.84. The van der Waals surface area contributed by atoms with Crippen molar-refractivity contribution in [1.29, 1.82) is 0 Å². The van der Waals surface area contributed by atoms with Gasteiger partial charge in [-0.15, -0.1) is 0 Å². The number of aliphatic hydroxyl groups is 1. The highest BCUT2D eigenvalue weighted by molar-refractivity contribution is 6.06. The van der Waals surface area contributed by atoms with Gasteiger partial charge < -0.3 is 24.4 Å². The standard InChI is InChI=1S/C16H21N3O5/c1-9-7-11(14-10(2)19-24-16(14)17-9)15(21)18-12-3-5-22-8-13(12)23-6-4-20/h7,12-13,20H,3-6,8H2,1-2H3,(H,18,21)/t12-,13-/m1/s1. The molecule has 2 N–H and O–H groups in total. The van der Waals surface area contributed by atoms with E-state index in [4.69, 9.17) is 19.1 Å². The van der Waals surface area contributed by atoms with Crippen molar-refractivity contribution in [3.63, 3.8) is 0 Å². The lowest BCUT2D eigenvalue weighted by molar-refractivity contribution is -0.0737. The topological polar surface area (TPSA) is 107 Å². The van der Waals surface area contributed by atoms with Crippen molar-refractivity contribution in [2.75, 3.05) is 26.4 Å². The first-order chi connectivity index (χ1) is 11.6. The summed E-state index contributed by atoms with van der Waals surface area (Å²) in [6.45, 7) is 4.67. The van der Waals surface area contributed by atoms with Crippen LogP contribution in [0.25, 0.3) is 11.1 Å². The maximum atomic E-state index is 12.8. The van der Waals surface area contributed by atoms with Gasteiger partial charge in [-0.1, -0.05) is 5.16 Å². The molecule has 1 aliphatic rings. The maximum absolute atomic E-state index is 12.8. The van der Waals surface area contributed by atoms with Gasteiger partial charge in [0.2, 0.25) is 0 Å². The Balaban J connectivity index is 1.82. The molecule has 8 heteroatoms. The Hall–Kier alpha value is -2.03. The van der Waals surface area contributed by atoms with Gasteiger partial charge in [0, 0.05) is 12.3 Å². The number of carbonyl (C=O) groups is 1. The summed E-state index contributed by atoms with van der Waals surface area (Å²) in [5.74, 6) is -0.221. The molecule has 3 rings (SSSR count). The van der Waals surface area contributed by atoms with Crippen molar-refractivity contribution in [2.24, 2.45) is 0 Å². The van der Waals surface area contributed by atoms with Crippen LogP contribution in [0.15, 0.2) is 10.6 Å². The Kier molecular flexibility index (Phi) is 5.08. The summed E-state index contributed by atoms with van der Waals surface area (Å²) >= 11 is 0. The van der Waals surface area contributed by atoms with E-state index in [9.17, 15) is 4.79 Å². The van der Waals surface area contributed by atoms with Crippen molar-refractivity contribution >= 4 is 17.0 Å². The van der Waals surface area contributed by atoms with Crippen LogP contribution in [0.4, 0.5) is 0 Å². The summed E-state index contributed by atoms with van der Waals surface area (Å²) in [5.41, 5.74) is 2.16. The number of nitrogens with zero attached hydrogens (tertiary/aromatic N) is 2. The number of aromatic nitrogens is 2. The van der Waals surface area contributed by atoms with Crippen LogP contribution in [-0.4, -0.2) is 59.7 Å². The lowest BCUT2D eigenvalue weighted by atomic mass is 10.0. The predicted molar refractivity (Wildman–Crippen MR) is 84.8 cm³/mol. The van der Waals surface area contributed by atoms with Crippen LogP contribution >= 0.6 is 0 Å². The van der Waals surface area contributed by atoms with Crippen molar-refractivity contribution in [3.8, 4) is 0 Å². The molecule has 1 saturated heterocycles. The number of aliphatic hydroxyl groups excluding tert-OH is 1. The fourth-order valence-corrected chi connectivity index (χ4v) is 2.89. The Morgan fingerprint density at radius 2 is 2.33 bits per heavy atom. The SMILES string of the molecule is Cc1cc(C(=O)N[C@@H]2CCOC[C@H]2OCCO)c2c(C)noc2n1. The number of pyridine rings is 1. The first-order valence-corrected chi connectivity index (χ1v) is 7.95. The summed E-state index contributed by atoms with van der Waals surface area (Å²) in [6.07, 6.45) is 0.370. The van der Waals surface area contributed by atoms with E-state index in [1.54, 1.807) is 19.9 Å². The number of hydrogen-bond donors (Lipinski definition) is 2. The highest BCUT2D eigenvalue weighted by atomic mass is 16.5. The van der Waals surface area contributed by atoms with Gasteiger partial charge in [-0.05, 0) is 26.3 Å². The van der Waals surface area contributed by atoms with Gasteiger partial charge in [-0.25, -0.2) is 4.98 Å². The van der Waals surface area contributed by atoms with Crippen molar-refractivity contribution < 1.29 is 23.9 Å². The molecule has 8 nitrogen and oxygen atoms in total. The number of fused-ring (bicyclic) bond motifs is 1. The molecule has 0 unspecified atom stereocenters. The van der Waals surface area contributed by atoms with Crippen molar-refractivity contribution in [3.05, 3.63) is 23.0 Å². The molecule has 0 spiro atoms. The molecule has 24 heavy (non-hydrogen) atoms. The molecular formula is C16H21N3O5. The monoisotopic (exact) mass is 335 g/mol. The van der Waals surface area contributed by atoms with Crippen LogP contribution in [0.1, 0.15) is 28.2 Å². The fraction of sp³-hybridized carbons (Fsp3) is 0.562. The zero-order chi connectivity index (χ0) is 17.1. The van der Waals surface area contributed by atoms with Gasteiger partial charge in [0.15, 0.2) is 0 Å². The fourth-order valence-electron chi connectivity index (χ4n) is 2.89. The van der Waals surface area contributed by atoms with Crippen molar-refractivity contribution in [1.82, 2.24) is 15.5 Å². The highest BCUT2D eigenvalue weighted by Gasteiger charge is 2.29. The minimum absolute atomic E-state index is 0.0682. The first kappa shape index (κ1) is 16.8. The van der Waals surface area contributed by atoms with Crippen LogP contribution in [0.3, 0.4) is 0 Å². The van der Waals surface area contributed by atoms with Gasteiger partial charge in [-0.3, -0.25) is 4.79 Å². The molecule has 130 valence electrons. The van der Waals surface area contributed by atoms with E-state index >= 15 is 0 Å². The molecule has 2 atom stereocenters. The van der Waals surface area contributed by atoms with Gasteiger partial charge in [0.25, 0.3) is 11.6 Å². The summed E-state index contributed by atoms with van der Waals surface area (Å²) in [7, 11) is 0. The van der Waals surface area contributed by atoms with E-state index in [0.29, 0.717) is 47.7 Å². The summed E-state index contributed by atoms with van der Waals surface area (Å²) < 4.78 is 16.1.